The van der Waals surface area contributed by atoms with Crippen LogP contribution < -0.4 is 5.11 Å². The summed E-state index contributed by atoms with van der Waals surface area (Å²) in [5.74, 6) is -0.989. The molecule has 0 radical (unpaired) electrons. The van der Waals surface area contributed by atoms with E-state index in [0.717, 1.165) is 18.2 Å². The number of benzene rings is 2. The van der Waals surface area contributed by atoms with Crippen molar-refractivity contribution in [2.45, 2.75) is 9.79 Å². The number of rotatable bonds is 2. The van der Waals surface area contributed by atoms with Gasteiger partial charge in [-0.2, -0.15) is 16.8 Å². The van der Waals surface area contributed by atoms with E-state index in [1.165, 1.54) is 0 Å². The van der Waals surface area contributed by atoms with Crippen molar-refractivity contribution in [1.82, 2.24) is 0 Å². The van der Waals surface area contributed by atoms with Crippen LogP contribution in [0.5, 0.6) is 5.75 Å². The van der Waals surface area contributed by atoms with Gasteiger partial charge in [-0.15, -0.1) is 0 Å². The Bertz CT molecular complexity index is 1000. The van der Waals surface area contributed by atoms with E-state index in [2.05, 4.69) is 4.98 Å². The van der Waals surface area contributed by atoms with Crippen molar-refractivity contribution in [3.8, 4) is 5.75 Å². The summed E-state index contributed by atoms with van der Waals surface area (Å²) in [5.41, 5.74) is -0.528. The average molecular weight is 330 g/mol. The monoisotopic (exact) mass is 330 g/mol. The summed E-state index contributed by atoms with van der Waals surface area (Å²) < 4.78 is 62.7. The lowest BCUT2D eigenvalue weighted by molar-refractivity contribution is -0.267. The van der Waals surface area contributed by atoms with Crippen LogP contribution in [0.1, 0.15) is 0 Å². The predicted molar refractivity (Wildman–Crippen MR) is 67.8 cm³/mol. The lowest BCUT2D eigenvalue weighted by Crippen LogP contribution is -2.03. The van der Waals surface area contributed by atoms with Crippen molar-refractivity contribution in [3.05, 3.63) is 29.2 Å². The number of nitrogens with zero attached hydrogens (tertiary/aromatic N) is 2. The molecular formula is C10H6N2O7S2. The molecule has 0 aliphatic rings. The quantitative estimate of drug-likeness (QED) is 0.606. The third-order valence-corrected chi connectivity index (χ3v) is 4.43. The van der Waals surface area contributed by atoms with E-state index in [0.29, 0.717) is 6.07 Å². The van der Waals surface area contributed by atoms with Gasteiger partial charge >= 0.3 is 5.69 Å². The van der Waals surface area contributed by atoms with Gasteiger partial charge in [0.15, 0.2) is 4.98 Å². The Morgan fingerprint density at radius 2 is 1.62 bits per heavy atom. The second-order valence-electron chi connectivity index (χ2n) is 3.98. The van der Waals surface area contributed by atoms with E-state index in [4.69, 9.17) is 14.5 Å². The van der Waals surface area contributed by atoms with Gasteiger partial charge in [0.25, 0.3) is 20.2 Å². The molecule has 0 aliphatic heterocycles. The minimum absolute atomic E-state index is 0.204. The van der Waals surface area contributed by atoms with Crippen LogP contribution in [0.2, 0.25) is 0 Å². The maximum absolute atomic E-state index is 11.6. The second-order valence-corrected chi connectivity index (χ2v) is 6.79. The molecule has 110 valence electrons. The summed E-state index contributed by atoms with van der Waals surface area (Å²) in [6.45, 7) is 0. The van der Waals surface area contributed by atoms with Gasteiger partial charge in [-0.1, -0.05) is 0 Å². The second kappa shape index (κ2) is 4.64. The van der Waals surface area contributed by atoms with Gasteiger partial charge in [0.1, 0.15) is 4.90 Å². The summed E-state index contributed by atoms with van der Waals surface area (Å²) in [4.78, 5) is 1.20. The fourth-order valence-electron chi connectivity index (χ4n) is 1.81. The number of hydrogen-bond donors (Lipinski definition) is 2. The van der Waals surface area contributed by atoms with Gasteiger partial charge in [0.2, 0.25) is 5.39 Å². The summed E-state index contributed by atoms with van der Waals surface area (Å²) in [6.07, 6.45) is 0. The lowest BCUT2D eigenvalue weighted by atomic mass is 10.1. The van der Waals surface area contributed by atoms with E-state index < -0.39 is 41.5 Å². The topological polar surface area (TPSA) is 160 Å². The average Bonchev–Trinajstić information content (AvgIpc) is 2.35. The van der Waals surface area contributed by atoms with Crippen molar-refractivity contribution >= 4 is 36.7 Å². The molecule has 0 saturated heterocycles. The fraction of sp³-hybridized carbons (Fsp3) is 0. The minimum atomic E-state index is -4.84. The first-order valence-electron chi connectivity index (χ1n) is 5.13. The fourth-order valence-corrected chi connectivity index (χ4v) is 3.02. The minimum Gasteiger partial charge on any atom is -0.867 e. The molecular weight excluding hydrogens is 324 g/mol. The highest BCUT2D eigenvalue weighted by atomic mass is 32.2. The van der Waals surface area contributed by atoms with Gasteiger partial charge in [0.05, 0.1) is 10.3 Å². The first-order chi connectivity index (χ1) is 9.55. The number of diazo groups is 1. The van der Waals surface area contributed by atoms with E-state index in [-0.39, 0.29) is 10.8 Å². The normalized spacial score (nSPS) is 12.2. The van der Waals surface area contributed by atoms with Crippen molar-refractivity contribution in [2.75, 3.05) is 0 Å². The highest BCUT2D eigenvalue weighted by Crippen LogP contribution is 2.38. The van der Waals surface area contributed by atoms with Crippen LogP contribution in [0.4, 0.5) is 5.69 Å². The van der Waals surface area contributed by atoms with Crippen LogP contribution in [0.15, 0.2) is 34.1 Å². The summed E-state index contributed by atoms with van der Waals surface area (Å²) in [5, 5.41) is 19.8. The highest BCUT2D eigenvalue weighted by molar-refractivity contribution is 7.86. The van der Waals surface area contributed by atoms with Crippen LogP contribution >= 0.6 is 0 Å². The molecule has 9 nitrogen and oxygen atoms in total. The SMILES string of the molecule is N#[N+]c1c([O-])cc(S(=O)(=O)O)c2cc(S(=O)(=O)O)ccc12. The Kier molecular flexibility index (Phi) is 3.34. The molecule has 0 amide bonds. The number of fused-ring (bicyclic) bond motifs is 1. The maximum Gasteiger partial charge on any atom is 0.385 e. The number of hydrogen-bond acceptors (Lipinski definition) is 6. The zero-order chi connectivity index (χ0) is 16.0. The first-order valence-corrected chi connectivity index (χ1v) is 8.01. The summed E-state index contributed by atoms with van der Waals surface area (Å²) in [7, 11) is -9.47. The van der Waals surface area contributed by atoms with Gasteiger partial charge < -0.3 is 5.11 Å². The van der Waals surface area contributed by atoms with Crippen LogP contribution in [0.3, 0.4) is 0 Å². The molecule has 0 atom stereocenters. The van der Waals surface area contributed by atoms with Crippen LogP contribution in [-0.2, 0) is 20.2 Å². The molecule has 0 heterocycles. The molecule has 0 fully saturated rings. The molecule has 2 N–H and O–H groups in total. The Morgan fingerprint density at radius 3 is 2.10 bits per heavy atom. The molecule has 11 heteroatoms. The lowest BCUT2D eigenvalue weighted by Gasteiger charge is -2.09. The van der Waals surface area contributed by atoms with Crippen LogP contribution in [-0.4, -0.2) is 25.9 Å². The Morgan fingerprint density at radius 1 is 1.00 bits per heavy atom. The Hall–Kier alpha value is -2.26. The van der Waals surface area contributed by atoms with Gasteiger partial charge in [-0.25, -0.2) is 0 Å². The van der Waals surface area contributed by atoms with Crippen molar-refractivity contribution < 1.29 is 31.0 Å². The summed E-state index contributed by atoms with van der Waals surface area (Å²) >= 11 is 0. The van der Waals surface area contributed by atoms with Crippen LogP contribution in [0, 0.1) is 5.39 Å². The zero-order valence-electron chi connectivity index (χ0n) is 9.96. The molecule has 21 heavy (non-hydrogen) atoms. The predicted octanol–water partition coefficient (Wildman–Crippen LogP) is 0.891. The third-order valence-electron chi connectivity index (χ3n) is 2.68. The molecule has 0 saturated carbocycles. The third kappa shape index (κ3) is 2.65. The van der Waals surface area contributed by atoms with E-state index in [1.807, 2.05) is 0 Å². The maximum atomic E-state index is 11.6. The molecule has 0 spiro atoms. The zero-order valence-corrected chi connectivity index (χ0v) is 11.6. The molecule has 0 bridgehead atoms. The molecule has 2 aromatic carbocycles. The highest BCUT2D eigenvalue weighted by Gasteiger charge is 2.24. The van der Waals surface area contributed by atoms with Crippen molar-refractivity contribution in [1.29, 1.82) is 5.39 Å². The van der Waals surface area contributed by atoms with E-state index in [9.17, 15) is 21.9 Å². The smallest absolute Gasteiger partial charge is 0.385 e. The Balaban J connectivity index is 3.09. The van der Waals surface area contributed by atoms with E-state index >= 15 is 0 Å². The van der Waals surface area contributed by atoms with Crippen molar-refractivity contribution in [3.63, 3.8) is 0 Å². The van der Waals surface area contributed by atoms with Gasteiger partial charge in [-0.3, -0.25) is 9.11 Å². The molecule has 0 aliphatic carbocycles. The van der Waals surface area contributed by atoms with Crippen LogP contribution in [0.25, 0.3) is 15.7 Å². The van der Waals surface area contributed by atoms with Gasteiger partial charge in [-0.05, 0) is 30.0 Å². The summed E-state index contributed by atoms with van der Waals surface area (Å²) in [6, 6.07) is 3.09. The standard InChI is InChI=1S/C10H6N2O7S2/c11-12-10-6-2-1-5(20(14,15)16)3-7(6)9(4-8(10)13)21(17,18)19/h1-4H,(H2-,13,14,15,16,17,18,19). The Labute approximate surface area is 118 Å². The molecule has 0 unspecified atom stereocenters. The molecule has 0 aromatic heterocycles. The van der Waals surface area contributed by atoms with Gasteiger partial charge in [0, 0.05) is 5.39 Å². The molecule has 2 rings (SSSR count). The van der Waals surface area contributed by atoms with E-state index in [1.54, 1.807) is 0 Å². The van der Waals surface area contributed by atoms with Crippen molar-refractivity contribution in [2.24, 2.45) is 0 Å². The first kappa shape index (κ1) is 15.1. The largest absolute Gasteiger partial charge is 0.867 e. The molecule has 2 aromatic rings.